The van der Waals surface area contributed by atoms with E-state index in [2.05, 4.69) is 5.32 Å². The lowest BCUT2D eigenvalue weighted by Crippen LogP contribution is -2.38. The Morgan fingerprint density at radius 1 is 1.22 bits per heavy atom. The molecule has 0 bridgehead atoms. The van der Waals surface area contributed by atoms with Gasteiger partial charge in [0.25, 0.3) is 5.69 Å². The molecule has 9 heteroatoms. The zero-order valence-corrected chi connectivity index (χ0v) is 15.7. The van der Waals surface area contributed by atoms with Crippen LogP contribution in [0.1, 0.15) is 13.8 Å². The van der Waals surface area contributed by atoms with Gasteiger partial charge in [-0.1, -0.05) is 31.5 Å². The van der Waals surface area contributed by atoms with Crippen molar-refractivity contribution in [2.24, 2.45) is 5.92 Å². The fourth-order valence-corrected chi connectivity index (χ4v) is 2.36. The van der Waals surface area contributed by atoms with E-state index in [1.807, 2.05) is 0 Å². The zero-order chi connectivity index (χ0) is 20.1. The van der Waals surface area contributed by atoms with Crippen LogP contribution in [-0.4, -0.2) is 28.8 Å². The van der Waals surface area contributed by atoms with E-state index < -0.39 is 11.0 Å². The standard InChI is InChI=1S/C18H18ClN3O5/c1-11(2)17(23)21(3)18(24)20-12-5-4-6-14(9-12)27-16-8-7-13(22(25)26)10-15(16)19/h4-11H,1-3H3,(H,20,24). The van der Waals surface area contributed by atoms with E-state index in [1.54, 1.807) is 38.1 Å². The SMILES string of the molecule is CC(C)C(=O)N(C)C(=O)Nc1cccc(Oc2ccc([N+](=O)[O-])cc2Cl)c1. The monoisotopic (exact) mass is 391 g/mol. The van der Waals surface area contributed by atoms with Crippen molar-refractivity contribution in [2.45, 2.75) is 13.8 Å². The van der Waals surface area contributed by atoms with Gasteiger partial charge in [0.1, 0.15) is 11.5 Å². The molecule has 0 saturated heterocycles. The van der Waals surface area contributed by atoms with Crippen molar-refractivity contribution in [3.63, 3.8) is 0 Å². The Morgan fingerprint density at radius 2 is 1.93 bits per heavy atom. The predicted molar refractivity (Wildman–Crippen MR) is 101 cm³/mol. The minimum absolute atomic E-state index is 0.0842. The van der Waals surface area contributed by atoms with E-state index in [0.29, 0.717) is 11.4 Å². The van der Waals surface area contributed by atoms with Crippen LogP contribution in [0, 0.1) is 16.0 Å². The summed E-state index contributed by atoms with van der Waals surface area (Å²) < 4.78 is 5.63. The molecule has 2 rings (SSSR count). The van der Waals surface area contributed by atoms with Crippen molar-refractivity contribution < 1.29 is 19.2 Å². The molecule has 27 heavy (non-hydrogen) atoms. The Balaban J connectivity index is 2.13. The number of imide groups is 1. The number of rotatable bonds is 5. The minimum atomic E-state index is -0.570. The van der Waals surface area contributed by atoms with E-state index in [9.17, 15) is 19.7 Å². The van der Waals surface area contributed by atoms with E-state index in [-0.39, 0.29) is 28.3 Å². The number of anilines is 1. The molecule has 0 aliphatic heterocycles. The van der Waals surface area contributed by atoms with Gasteiger partial charge in [-0.05, 0) is 18.2 Å². The third-order valence-electron chi connectivity index (χ3n) is 3.57. The molecule has 0 atom stereocenters. The Labute approximate surface area is 160 Å². The number of carbonyl (C=O) groups excluding carboxylic acids is 2. The minimum Gasteiger partial charge on any atom is -0.456 e. The van der Waals surface area contributed by atoms with E-state index >= 15 is 0 Å². The summed E-state index contributed by atoms with van der Waals surface area (Å²) in [6.45, 7) is 3.41. The molecule has 0 heterocycles. The molecule has 0 fully saturated rings. The number of hydrogen-bond acceptors (Lipinski definition) is 5. The van der Waals surface area contributed by atoms with Crippen LogP contribution in [0.15, 0.2) is 42.5 Å². The number of benzene rings is 2. The van der Waals surface area contributed by atoms with Gasteiger partial charge in [0, 0.05) is 36.9 Å². The molecule has 0 saturated carbocycles. The summed E-state index contributed by atoms with van der Waals surface area (Å²) in [4.78, 5) is 35.2. The molecule has 0 spiro atoms. The van der Waals surface area contributed by atoms with Crippen LogP contribution in [0.4, 0.5) is 16.2 Å². The van der Waals surface area contributed by atoms with E-state index in [0.717, 1.165) is 4.90 Å². The van der Waals surface area contributed by atoms with Crippen LogP contribution in [0.2, 0.25) is 5.02 Å². The fraction of sp³-hybridized carbons (Fsp3) is 0.222. The molecule has 0 aromatic heterocycles. The number of nitro benzene ring substituents is 1. The molecular weight excluding hydrogens is 374 g/mol. The lowest BCUT2D eigenvalue weighted by atomic mass is 10.2. The number of carbonyl (C=O) groups is 2. The van der Waals surface area contributed by atoms with Crippen LogP contribution in [0.5, 0.6) is 11.5 Å². The van der Waals surface area contributed by atoms with Crippen LogP contribution < -0.4 is 10.1 Å². The maximum atomic E-state index is 12.2. The Morgan fingerprint density at radius 3 is 2.52 bits per heavy atom. The number of nitrogens with one attached hydrogen (secondary N) is 1. The third-order valence-corrected chi connectivity index (χ3v) is 3.86. The smallest absolute Gasteiger partial charge is 0.328 e. The number of nitro groups is 1. The molecule has 2 aromatic carbocycles. The van der Waals surface area contributed by atoms with Gasteiger partial charge >= 0.3 is 6.03 Å². The van der Waals surface area contributed by atoms with Crippen molar-refractivity contribution in [3.8, 4) is 11.5 Å². The summed E-state index contributed by atoms with van der Waals surface area (Å²) in [5.41, 5.74) is 0.269. The first kappa shape index (κ1) is 20.2. The first-order valence-electron chi connectivity index (χ1n) is 7.99. The number of urea groups is 1. The second-order valence-electron chi connectivity index (χ2n) is 5.98. The molecule has 3 amide bonds. The second kappa shape index (κ2) is 8.50. The Kier molecular flexibility index (Phi) is 6.36. The van der Waals surface area contributed by atoms with Crippen molar-refractivity contribution in [3.05, 3.63) is 57.6 Å². The maximum Gasteiger partial charge on any atom is 0.328 e. The van der Waals surface area contributed by atoms with Crippen LogP contribution in [-0.2, 0) is 4.79 Å². The van der Waals surface area contributed by atoms with Crippen molar-refractivity contribution in [1.82, 2.24) is 4.90 Å². The average molecular weight is 392 g/mol. The lowest BCUT2D eigenvalue weighted by molar-refractivity contribution is -0.384. The van der Waals surface area contributed by atoms with Gasteiger partial charge in [-0.25, -0.2) is 4.79 Å². The first-order valence-corrected chi connectivity index (χ1v) is 8.37. The summed E-state index contributed by atoms with van der Waals surface area (Å²) in [6, 6.07) is 9.75. The fourth-order valence-electron chi connectivity index (χ4n) is 2.15. The summed E-state index contributed by atoms with van der Waals surface area (Å²) in [6.07, 6.45) is 0. The highest BCUT2D eigenvalue weighted by molar-refractivity contribution is 6.32. The third kappa shape index (κ3) is 5.18. The molecule has 0 radical (unpaired) electrons. The second-order valence-corrected chi connectivity index (χ2v) is 6.39. The van der Waals surface area contributed by atoms with Gasteiger partial charge in [0.05, 0.1) is 9.95 Å². The summed E-state index contributed by atoms with van der Waals surface area (Å²) in [7, 11) is 1.40. The van der Waals surface area contributed by atoms with E-state index in [1.165, 1.54) is 25.2 Å². The average Bonchev–Trinajstić information content (AvgIpc) is 2.62. The quantitative estimate of drug-likeness (QED) is 0.588. The number of halogens is 1. The number of ether oxygens (including phenoxy) is 1. The van der Waals surface area contributed by atoms with Crippen LogP contribution in [0.25, 0.3) is 0 Å². The molecule has 142 valence electrons. The van der Waals surface area contributed by atoms with Crippen molar-refractivity contribution in [1.29, 1.82) is 0 Å². The molecule has 0 aliphatic carbocycles. The largest absolute Gasteiger partial charge is 0.456 e. The summed E-state index contributed by atoms with van der Waals surface area (Å²) in [5, 5.41) is 13.4. The first-order chi connectivity index (χ1) is 12.7. The molecule has 1 N–H and O–H groups in total. The Bertz CT molecular complexity index is 885. The van der Waals surface area contributed by atoms with Gasteiger partial charge in [0.2, 0.25) is 5.91 Å². The van der Waals surface area contributed by atoms with E-state index in [4.69, 9.17) is 16.3 Å². The highest BCUT2D eigenvalue weighted by Crippen LogP contribution is 2.33. The predicted octanol–water partition coefficient (Wildman–Crippen LogP) is 4.69. The van der Waals surface area contributed by atoms with Crippen LogP contribution in [0.3, 0.4) is 0 Å². The number of hydrogen-bond donors (Lipinski definition) is 1. The van der Waals surface area contributed by atoms with Crippen molar-refractivity contribution >= 4 is 34.9 Å². The zero-order valence-electron chi connectivity index (χ0n) is 14.9. The summed E-state index contributed by atoms with van der Waals surface area (Å²) >= 11 is 6.01. The Hall–Kier alpha value is -3.13. The number of amides is 3. The highest BCUT2D eigenvalue weighted by Gasteiger charge is 2.19. The highest BCUT2D eigenvalue weighted by atomic mass is 35.5. The molecule has 0 unspecified atom stereocenters. The van der Waals surface area contributed by atoms with Gasteiger partial charge in [0.15, 0.2) is 0 Å². The summed E-state index contributed by atoms with van der Waals surface area (Å²) in [5.74, 6) is -0.0171. The van der Waals surface area contributed by atoms with Crippen LogP contribution >= 0.6 is 11.6 Å². The number of non-ortho nitro benzene ring substituents is 1. The molecule has 0 aliphatic rings. The van der Waals surface area contributed by atoms with Crippen molar-refractivity contribution in [2.75, 3.05) is 12.4 Å². The van der Waals surface area contributed by atoms with Gasteiger partial charge in [-0.15, -0.1) is 0 Å². The topological polar surface area (TPSA) is 102 Å². The van der Waals surface area contributed by atoms with Gasteiger partial charge in [-0.3, -0.25) is 19.8 Å². The maximum absolute atomic E-state index is 12.2. The molecular formula is C18H18ClN3O5. The molecule has 8 nitrogen and oxygen atoms in total. The van der Waals surface area contributed by atoms with Gasteiger partial charge < -0.3 is 10.1 Å². The lowest BCUT2D eigenvalue weighted by Gasteiger charge is -2.18. The normalized spacial score (nSPS) is 10.4. The molecule has 2 aromatic rings. The van der Waals surface area contributed by atoms with Gasteiger partial charge in [-0.2, -0.15) is 0 Å². The number of nitrogens with zero attached hydrogens (tertiary/aromatic N) is 2.